The quantitative estimate of drug-likeness (QED) is 0.277. The lowest BCUT2D eigenvalue weighted by atomic mass is 10.6. The zero-order chi connectivity index (χ0) is 3.41. The van der Waals surface area contributed by atoms with Crippen LogP contribution < -0.4 is 0 Å². The normalized spacial score (nSPS) is 5.00. The van der Waals surface area contributed by atoms with Gasteiger partial charge in [0, 0.05) is 0 Å². The van der Waals surface area contributed by atoms with Crippen molar-refractivity contribution in [3.63, 3.8) is 0 Å². The van der Waals surface area contributed by atoms with Crippen LogP contribution in [0.3, 0.4) is 0 Å². The van der Waals surface area contributed by atoms with E-state index in [2.05, 4.69) is 4.65 Å². The van der Waals surface area contributed by atoms with Gasteiger partial charge < -0.3 is 4.65 Å². The van der Waals surface area contributed by atoms with Crippen molar-refractivity contribution in [1.82, 2.24) is 0 Å². The van der Waals surface area contributed by atoms with E-state index >= 15 is 0 Å². The van der Waals surface area contributed by atoms with Crippen LogP contribution in [0.5, 0.6) is 0 Å². The molecule has 0 radical (unpaired) electrons. The Kier molecular flexibility index (Phi) is 2.24. The van der Waals surface area contributed by atoms with E-state index in [4.69, 9.17) is 4.79 Å². The maximum atomic E-state index is 8.95. The first-order valence-corrected chi connectivity index (χ1v) is 0.880. The summed E-state index contributed by atoms with van der Waals surface area (Å²) in [6.45, 7) is 0.375. The second kappa shape index (κ2) is 2.53. The van der Waals surface area contributed by atoms with E-state index in [0.717, 1.165) is 0 Å². The van der Waals surface area contributed by atoms with Gasteiger partial charge in [-0.15, -0.1) is 0 Å². The molecule has 0 amide bonds. The van der Waals surface area contributed by atoms with Crippen molar-refractivity contribution >= 4 is 14.5 Å². The molecule has 0 unspecified atom stereocenters. The fraction of sp³-hybridized carbons (Fsp3) is 0. The summed E-state index contributed by atoms with van der Waals surface area (Å²) in [5.41, 5.74) is 0. The SMILES string of the molecule is BOC=O. The van der Waals surface area contributed by atoms with Crippen molar-refractivity contribution in [2.45, 2.75) is 0 Å². The summed E-state index contributed by atoms with van der Waals surface area (Å²) in [6.07, 6.45) is 0. The largest absolute Gasteiger partial charge is 0.546 e. The van der Waals surface area contributed by atoms with E-state index in [1.165, 1.54) is 8.05 Å². The molecule has 0 fully saturated rings. The summed E-state index contributed by atoms with van der Waals surface area (Å²) in [4.78, 5) is 8.95. The fourth-order valence-electron chi connectivity index (χ4n) is 0. The predicted octanol–water partition coefficient (Wildman–Crippen LogP) is -1.29. The summed E-state index contributed by atoms with van der Waals surface area (Å²) in [5.74, 6) is 0. The second-order valence-electron chi connectivity index (χ2n) is 0.332. The molecule has 22 valence electrons. The molecular weight excluding hydrogens is 54.8 g/mol. The van der Waals surface area contributed by atoms with Gasteiger partial charge in [0.15, 0.2) is 0 Å². The zero-order valence-electron chi connectivity index (χ0n) is 2.39. The van der Waals surface area contributed by atoms with Crippen LogP contribution in [0.4, 0.5) is 0 Å². The molecule has 0 aliphatic rings. The Hall–Kier alpha value is -0.465. The van der Waals surface area contributed by atoms with Gasteiger partial charge in [-0.2, -0.15) is 0 Å². The van der Waals surface area contributed by atoms with Gasteiger partial charge in [0.05, 0.1) is 0 Å². The van der Waals surface area contributed by atoms with Gasteiger partial charge in [-0.1, -0.05) is 0 Å². The fourth-order valence-corrected chi connectivity index (χ4v) is 0. The number of carbonyl (C=O) groups is 1. The molecule has 0 aliphatic carbocycles. The summed E-state index contributed by atoms with van der Waals surface area (Å²) in [7, 11) is 1.31. The average Bonchev–Trinajstić information content (AvgIpc) is 1.37. The number of hydrogen-bond donors (Lipinski definition) is 0. The third kappa shape index (κ3) is 1.53. The lowest BCUT2D eigenvalue weighted by Gasteiger charge is -1.67. The molecule has 0 spiro atoms. The highest BCUT2D eigenvalue weighted by atomic mass is 16.5. The highest BCUT2D eigenvalue weighted by molar-refractivity contribution is 6.01. The van der Waals surface area contributed by atoms with Gasteiger partial charge in [0.2, 0.25) is 0 Å². The molecule has 0 aliphatic heterocycles. The molecular formula is CH3BO2. The third-order valence-electron chi connectivity index (χ3n) is 0.0962. The predicted molar refractivity (Wildman–Crippen MR) is 15.7 cm³/mol. The van der Waals surface area contributed by atoms with E-state index in [9.17, 15) is 0 Å². The molecule has 3 heteroatoms. The smallest absolute Gasteiger partial charge is 0.325 e. The molecule has 0 heterocycles. The Morgan fingerprint density at radius 1 is 2.00 bits per heavy atom. The molecule has 2 nitrogen and oxygen atoms in total. The molecule has 0 saturated carbocycles. The maximum absolute atomic E-state index is 8.95. The maximum Gasteiger partial charge on any atom is 0.325 e. The van der Waals surface area contributed by atoms with E-state index in [1.54, 1.807) is 0 Å². The van der Waals surface area contributed by atoms with Crippen molar-refractivity contribution in [2.24, 2.45) is 0 Å². The topological polar surface area (TPSA) is 26.3 Å². The molecule has 0 aromatic carbocycles. The monoisotopic (exact) mass is 58.0 g/mol. The van der Waals surface area contributed by atoms with Crippen molar-refractivity contribution in [2.75, 3.05) is 0 Å². The van der Waals surface area contributed by atoms with Crippen molar-refractivity contribution in [3.8, 4) is 0 Å². The summed E-state index contributed by atoms with van der Waals surface area (Å²) in [6, 6.07) is 0. The van der Waals surface area contributed by atoms with Crippen LogP contribution in [0, 0.1) is 0 Å². The van der Waals surface area contributed by atoms with Crippen molar-refractivity contribution < 1.29 is 9.45 Å². The molecule has 0 atom stereocenters. The average molecular weight is 57.8 g/mol. The van der Waals surface area contributed by atoms with E-state index in [1.807, 2.05) is 0 Å². The Balaban J connectivity index is 2.30. The Morgan fingerprint density at radius 3 is 2.25 bits per heavy atom. The summed E-state index contributed by atoms with van der Waals surface area (Å²) < 4.78 is 3.86. The van der Waals surface area contributed by atoms with Crippen LogP contribution in [0.15, 0.2) is 0 Å². The first-order chi connectivity index (χ1) is 1.91. The van der Waals surface area contributed by atoms with Crippen molar-refractivity contribution in [3.05, 3.63) is 0 Å². The van der Waals surface area contributed by atoms with Crippen LogP contribution in [0.25, 0.3) is 0 Å². The lowest BCUT2D eigenvalue weighted by molar-refractivity contribution is -0.120. The van der Waals surface area contributed by atoms with Crippen molar-refractivity contribution in [1.29, 1.82) is 0 Å². The molecule has 4 heavy (non-hydrogen) atoms. The van der Waals surface area contributed by atoms with Gasteiger partial charge in [0.1, 0.15) is 0 Å². The molecule has 0 rings (SSSR count). The Bertz CT molecular complexity index is 20.0. The van der Waals surface area contributed by atoms with Crippen LogP contribution >= 0.6 is 0 Å². The number of rotatable bonds is 1. The van der Waals surface area contributed by atoms with Crippen LogP contribution in [0.2, 0.25) is 0 Å². The van der Waals surface area contributed by atoms with Gasteiger partial charge in [-0.05, 0) is 0 Å². The first kappa shape index (κ1) is 3.53. The van der Waals surface area contributed by atoms with Crippen LogP contribution in [-0.4, -0.2) is 14.5 Å². The van der Waals surface area contributed by atoms with Crippen LogP contribution in [-0.2, 0) is 9.45 Å². The third-order valence-corrected chi connectivity index (χ3v) is 0.0962. The second-order valence-corrected chi connectivity index (χ2v) is 0.332. The number of hydrogen-bond acceptors (Lipinski definition) is 2. The van der Waals surface area contributed by atoms with Gasteiger partial charge in [-0.25, -0.2) is 0 Å². The van der Waals surface area contributed by atoms with Gasteiger partial charge >= 0.3 is 8.05 Å². The van der Waals surface area contributed by atoms with Crippen LogP contribution in [0.1, 0.15) is 0 Å². The van der Waals surface area contributed by atoms with E-state index < -0.39 is 0 Å². The minimum Gasteiger partial charge on any atom is -0.546 e. The molecule has 0 aromatic heterocycles. The van der Waals surface area contributed by atoms with Gasteiger partial charge in [-0.3, -0.25) is 4.79 Å². The summed E-state index contributed by atoms with van der Waals surface area (Å²) in [5, 5.41) is 0. The van der Waals surface area contributed by atoms with E-state index in [0.29, 0.717) is 6.47 Å². The Labute approximate surface area is 25.2 Å². The van der Waals surface area contributed by atoms with Gasteiger partial charge in [0.25, 0.3) is 6.47 Å². The molecule has 0 bridgehead atoms. The molecule has 0 N–H and O–H groups in total. The van der Waals surface area contributed by atoms with E-state index in [-0.39, 0.29) is 0 Å². The first-order valence-electron chi connectivity index (χ1n) is 0.880. The Morgan fingerprint density at radius 2 is 2.25 bits per heavy atom. The minimum atomic E-state index is 0.375. The lowest BCUT2D eigenvalue weighted by Crippen LogP contribution is -1.71. The number of carbonyl (C=O) groups excluding carboxylic acids is 1. The standard InChI is InChI=1S/CH3BO2/c2-4-1-3/h1H,2H2. The zero-order valence-corrected chi connectivity index (χ0v) is 2.39. The summed E-state index contributed by atoms with van der Waals surface area (Å²) >= 11 is 0. The highest BCUT2D eigenvalue weighted by Gasteiger charge is 1.46. The highest BCUT2D eigenvalue weighted by Crippen LogP contribution is 1.32. The molecule has 0 aromatic rings. The molecule has 0 saturated heterocycles. The minimum absolute atomic E-state index is 0.375.